The molecule has 5 atom stereocenters. The third-order valence-electron chi connectivity index (χ3n) is 5.74. The molecule has 0 N–H and O–H groups in total. The molecular weight excluding hydrogens is 332 g/mol. The van der Waals surface area contributed by atoms with Crippen LogP contribution in [-0.4, -0.2) is 93.4 Å². The van der Waals surface area contributed by atoms with E-state index in [1.165, 1.54) is 5.70 Å². The molecule has 0 spiro atoms. The topological polar surface area (TPSA) is 56.6 Å². The summed E-state index contributed by atoms with van der Waals surface area (Å²) in [5, 5.41) is 0. The van der Waals surface area contributed by atoms with E-state index in [0.717, 1.165) is 65.6 Å². The van der Waals surface area contributed by atoms with E-state index >= 15 is 0 Å². The van der Waals surface area contributed by atoms with E-state index in [-0.39, 0.29) is 5.41 Å². The summed E-state index contributed by atoms with van der Waals surface area (Å²) >= 11 is 0. The highest BCUT2D eigenvalue weighted by Gasteiger charge is 2.37. The third-order valence-corrected chi connectivity index (χ3v) is 5.74. The summed E-state index contributed by atoms with van der Waals surface area (Å²) in [6, 6.07) is 0. The lowest BCUT2D eigenvalue weighted by molar-refractivity contribution is 0.157. The van der Waals surface area contributed by atoms with E-state index in [9.17, 15) is 0 Å². The van der Waals surface area contributed by atoms with Crippen LogP contribution >= 0.6 is 0 Å². The van der Waals surface area contributed by atoms with Gasteiger partial charge in [-0.15, -0.1) is 0 Å². The van der Waals surface area contributed by atoms with Gasteiger partial charge in [-0.2, -0.15) is 0 Å². The summed E-state index contributed by atoms with van der Waals surface area (Å²) < 4.78 is 21.9. The van der Waals surface area contributed by atoms with E-state index in [1.807, 2.05) is 0 Å². The highest BCUT2D eigenvalue weighted by molar-refractivity contribution is 5.24. The van der Waals surface area contributed by atoms with Gasteiger partial charge in [-0.3, -0.25) is 4.90 Å². The molecule has 5 unspecified atom stereocenters. The minimum atomic E-state index is 0.140. The number of ether oxygens (including phenoxy) is 4. The van der Waals surface area contributed by atoms with E-state index in [0.29, 0.717) is 24.4 Å². The van der Waals surface area contributed by atoms with E-state index < -0.39 is 0 Å². The highest BCUT2D eigenvalue weighted by atomic mass is 16.6. The third kappa shape index (κ3) is 4.87. The van der Waals surface area contributed by atoms with E-state index in [1.54, 1.807) is 0 Å². The Morgan fingerprint density at radius 3 is 1.88 bits per heavy atom. The van der Waals surface area contributed by atoms with Crippen molar-refractivity contribution >= 4 is 0 Å². The van der Waals surface area contributed by atoms with Gasteiger partial charge in [0.2, 0.25) is 0 Å². The quantitative estimate of drug-likeness (QED) is 0.512. The highest BCUT2D eigenvalue weighted by Crippen LogP contribution is 2.35. The first kappa shape index (κ1) is 17.2. The molecule has 5 aliphatic rings. The van der Waals surface area contributed by atoms with Crippen LogP contribution in [0.3, 0.4) is 0 Å². The smallest absolute Gasteiger partial charge is 0.0984 e. The van der Waals surface area contributed by atoms with Gasteiger partial charge >= 0.3 is 0 Å². The summed E-state index contributed by atoms with van der Waals surface area (Å²) in [6.07, 6.45) is 9.63. The maximum Gasteiger partial charge on any atom is 0.0984 e. The predicted molar refractivity (Wildman–Crippen MR) is 96.9 cm³/mol. The predicted octanol–water partition coefficient (Wildman–Crippen LogP) is 1.04. The standard InChI is InChI=1S/C20H30N2O4/c1-20(14-21(6-16-10-23-16)7-17-11-24-17)4-2-3-15(5-20)22(8-18-12-25-18)9-19-13-26-19/h2-4,16-19H,5-14H2,1H3. The number of rotatable bonds is 11. The first-order chi connectivity index (χ1) is 12.7. The van der Waals surface area contributed by atoms with Gasteiger partial charge in [-0.1, -0.05) is 19.1 Å². The second-order valence-corrected chi connectivity index (χ2v) is 8.77. The second-order valence-electron chi connectivity index (χ2n) is 8.77. The fourth-order valence-electron chi connectivity index (χ4n) is 4.03. The largest absolute Gasteiger partial charge is 0.372 e. The van der Waals surface area contributed by atoms with Gasteiger partial charge in [-0.05, 0) is 12.5 Å². The average molecular weight is 362 g/mol. The molecule has 0 bridgehead atoms. The maximum absolute atomic E-state index is 5.49. The fourth-order valence-corrected chi connectivity index (χ4v) is 4.03. The molecule has 1 aliphatic carbocycles. The van der Waals surface area contributed by atoms with E-state index in [4.69, 9.17) is 18.9 Å². The molecule has 0 aromatic rings. The maximum atomic E-state index is 5.49. The number of allylic oxidation sites excluding steroid dienone is 3. The SMILES string of the molecule is CC1(CN(CC2CO2)CC2CO2)C=CC=C(N(CC2CO2)CC2CO2)C1. The Bertz CT molecular complexity index is 550. The molecule has 4 heterocycles. The van der Waals surface area contributed by atoms with Crippen LogP contribution in [0.15, 0.2) is 23.9 Å². The van der Waals surface area contributed by atoms with Gasteiger partial charge in [0, 0.05) is 43.8 Å². The second kappa shape index (κ2) is 6.91. The molecule has 6 heteroatoms. The van der Waals surface area contributed by atoms with Crippen molar-refractivity contribution in [3.8, 4) is 0 Å². The molecule has 26 heavy (non-hydrogen) atoms. The van der Waals surface area contributed by atoms with Crippen molar-refractivity contribution in [3.63, 3.8) is 0 Å². The van der Waals surface area contributed by atoms with Crippen molar-refractivity contribution in [2.45, 2.75) is 37.8 Å². The van der Waals surface area contributed by atoms with E-state index in [2.05, 4.69) is 35.0 Å². The van der Waals surface area contributed by atoms with Gasteiger partial charge in [0.25, 0.3) is 0 Å². The molecule has 144 valence electrons. The Hall–Kier alpha value is -0.920. The zero-order valence-electron chi connectivity index (χ0n) is 15.6. The van der Waals surface area contributed by atoms with Crippen molar-refractivity contribution in [2.24, 2.45) is 5.41 Å². The Morgan fingerprint density at radius 1 is 0.885 bits per heavy atom. The zero-order chi connectivity index (χ0) is 17.6. The van der Waals surface area contributed by atoms with Crippen LogP contribution in [-0.2, 0) is 18.9 Å². The summed E-state index contributed by atoms with van der Waals surface area (Å²) in [6.45, 7) is 11.1. The van der Waals surface area contributed by atoms with Gasteiger partial charge in [0.05, 0.1) is 50.8 Å². The van der Waals surface area contributed by atoms with Crippen molar-refractivity contribution < 1.29 is 18.9 Å². The molecule has 0 saturated carbocycles. The Labute approximate surface area is 155 Å². The molecule has 6 nitrogen and oxygen atoms in total. The first-order valence-electron chi connectivity index (χ1n) is 9.97. The number of epoxide rings is 4. The van der Waals surface area contributed by atoms with Crippen LogP contribution in [0.2, 0.25) is 0 Å². The van der Waals surface area contributed by atoms with Crippen LogP contribution in [0.5, 0.6) is 0 Å². The Balaban J connectivity index is 1.23. The van der Waals surface area contributed by atoms with Crippen molar-refractivity contribution in [3.05, 3.63) is 23.9 Å². The van der Waals surface area contributed by atoms with Gasteiger partial charge < -0.3 is 23.8 Å². The molecule has 4 saturated heterocycles. The molecule has 4 fully saturated rings. The van der Waals surface area contributed by atoms with Crippen LogP contribution in [0.4, 0.5) is 0 Å². The molecule has 5 rings (SSSR count). The first-order valence-corrected chi connectivity index (χ1v) is 9.97. The summed E-state index contributed by atoms with van der Waals surface area (Å²) in [7, 11) is 0. The molecule has 0 aromatic carbocycles. The van der Waals surface area contributed by atoms with Gasteiger partial charge in [0.15, 0.2) is 0 Å². The molecule has 0 radical (unpaired) electrons. The average Bonchev–Trinajstić information content (AvgIpc) is 3.43. The monoisotopic (exact) mass is 362 g/mol. The normalized spacial score (nSPS) is 39.7. The van der Waals surface area contributed by atoms with Crippen molar-refractivity contribution in [1.82, 2.24) is 9.80 Å². The molecule has 0 amide bonds. The lowest BCUT2D eigenvalue weighted by Gasteiger charge is -2.38. The number of hydrogen-bond donors (Lipinski definition) is 0. The fraction of sp³-hybridized carbons (Fsp3) is 0.800. The Morgan fingerprint density at radius 2 is 1.38 bits per heavy atom. The summed E-state index contributed by atoms with van der Waals surface area (Å²) in [5.74, 6) is 0. The van der Waals surface area contributed by atoms with Gasteiger partial charge in [0.1, 0.15) is 0 Å². The minimum absolute atomic E-state index is 0.140. The summed E-state index contributed by atoms with van der Waals surface area (Å²) in [4.78, 5) is 5.04. The molecular formula is C20H30N2O4. The van der Waals surface area contributed by atoms with Crippen LogP contribution in [0, 0.1) is 5.41 Å². The zero-order valence-corrected chi connectivity index (χ0v) is 15.6. The van der Waals surface area contributed by atoms with Crippen LogP contribution < -0.4 is 0 Å². The van der Waals surface area contributed by atoms with Gasteiger partial charge in [-0.25, -0.2) is 0 Å². The van der Waals surface area contributed by atoms with Crippen LogP contribution in [0.1, 0.15) is 13.3 Å². The van der Waals surface area contributed by atoms with Crippen molar-refractivity contribution in [1.29, 1.82) is 0 Å². The van der Waals surface area contributed by atoms with Crippen LogP contribution in [0.25, 0.3) is 0 Å². The lowest BCUT2D eigenvalue weighted by Crippen LogP contribution is -2.42. The lowest BCUT2D eigenvalue weighted by atomic mass is 9.81. The number of nitrogens with zero attached hydrogens (tertiary/aromatic N) is 2. The molecule has 0 aromatic heterocycles. The van der Waals surface area contributed by atoms with Crippen molar-refractivity contribution in [2.75, 3.05) is 59.2 Å². The number of hydrogen-bond acceptors (Lipinski definition) is 6. The molecule has 4 aliphatic heterocycles. The summed E-state index contributed by atoms with van der Waals surface area (Å²) in [5.41, 5.74) is 1.56. The Kier molecular flexibility index (Phi) is 4.57. The minimum Gasteiger partial charge on any atom is -0.372 e.